The third kappa shape index (κ3) is 66.6. The normalized spacial score (nSPS) is 14.6. The Bertz CT molecular complexity index is 1910. The van der Waals surface area contributed by atoms with E-state index in [0.29, 0.717) is 31.6 Å². The average Bonchev–Trinajstić information content (AvgIpc) is 2.80. The van der Waals surface area contributed by atoms with E-state index in [1.807, 2.05) is 0 Å². The van der Waals surface area contributed by atoms with E-state index in [1.54, 1.807) is 0 Å². The van der Waals surface area contributed by atoms with Crippen LogP contribution in [0.1, 0.15) is 350 Å². The van der Waals surface area contributed by atoms with Crippen LogP contribution in [0.3, 0.4) is 0 Å². The fourth-order valence-corrected chi connectivity index (χ4v) is 12.3. The Kier molecular flexibility index (Phi) is 62.5. The number of phosphoric ester groups is 2. The van der Waals surface area contributed by atoms with Gasteiger partial charge in [-0.2, -0.15) is 0 Å². The topological polar surface area (TPSA) is 237 Å². The highest BCUT2D eigenvalue weighted by molar-refractivity contribution is 7.47. The van der Waals surface area contributed by atoms with Gasteiger partial charge in [0.2, 0.25) is 0 Å². The molecule has 0 aromatic rings. The summed E-state index contributed by atoms with van der Waals surface area (Å²) in [7, 11) is -9.92. The first kappa shape index (κ1) is 90.5. The maximum atomic E-state index is 13.0. The molecule has 0 aliphatic heterocycles. The van der Waals surface area contributed by atoms with Gasteiger partial charge in [-0.05, 0) is 69.1 Å². The number of carbonyl (C=O) groups is 4. The second-order valence-corrected chi connectivity index (χ2v) is 30.1. The standard InChI is InChI=1S/C74H140O17P2/c1-8-10-11-12-13-14-15-16-18-22-25-28-33-43-50-57-73(78)90-69(61-84-71(76)55-48-41-35-30-32-39-46-53-66(5)6)63-88-92(80,81)86-59-68(75)60-87-93(82,83)89-64-70(62-85-72(77)56-49-42-37-36-40-47-54-67(7)9-2)91-74(79)58-51-44-34-29-26-23-20-17-19-21-24-27-31-38-45-52-65(3)4/h14-16,18,65-70,75H,8-13,17,19-64H2,1-7H3,(H,80,81)(H,82,83)/b15-14-,18-16-/t67?,68?,69-,70-/m1/s1. The van der Waals surface area contributed by atoms with E-state index in [-0.39, 0.29) is 25.7 Å². The minimum Gasteiger partial charge on any atom is -0.462 e. The molecule has 0 radical (unpaired) electrons. The van der Waals surface area contributed by atoms with Gasteiger partial charge < -0.3 is 33.8 Å². The van der Waals surface area contributed by atoms with Crippen molar-refractivity contribution in [1.82, 2.24) is 0 Å². The zero-order valence-electron chi connectivity index (χ0n) is 60.2. The van der Waals surface area contributed by atoms with E-state index >= 15 is 0 Å². The third-order valence-corrected chi connectivity index (χ3v) is 18.8. The summed E-state index contributed by atoms with van der Waals surface area (Å²) in [4.78, 5) is 72.6. The zero-order chi connectivity index (χ0) is 68.7. The summed E-state index contributed by atoms with van der Waals surface area (Å²) in [5.41, 5.74) is 0. The first-order chi connectivity index (χ1) is 44.8. The molecule has 548 valence electrons. The van der Waals surface area contributed by atoms with E-state index in [4.69, 9.17) is 37.0 Å². The van der Waals surface area contributed by atoms with Gasteiger partial charge in [0.15, 0.2) is 12.2 Å². The van der Waals surface area contributed by atoms with E-state index in [0.717, 1.165) is 127 Å². The van der Waals surface area contributed by atoms with Crippen molar-refractivity contribution < 1.29 is 80.2 Å². The number of aliphatic hydroxyl groups is 1. The van der Waals surface area contributed by atoms with Gasteiger partial charge in [0.25, 0.3) is 0 Å². The van der Waals surface area contributed by atoms with Crippen LogP contribution >= 0.6 is 15.6 Å². The first-order valence-electron chi connectivity index (χ1n) is 37.7. The summed E-state index contributed by atoms with van der Waals surface area (Å²) >= 11 is 0. The van der Waals surface area contributed by atoms with E-state index in [1.165, 1.54) is 135 Å². The van der Waals surface area contributed by atoms with Crippen molar-refractivity contribution in [3.8, 4) is 0 Å². The Morgan fingerprint density at radius 1 is 0.355 bits per heavy atom. The number of hydrogen-bond acceptors (Lipinski definition) is 15. The van der Waals surface area contributed by atoms with E-state index in [2.05, 4.69) is 72.8 Å². The number of unbranched alkanes of at least 4 members (excludes halogenated alkanes) is 34. The molecule has 0 aromatic carbocycles. The van der Waals surface area contributed by atoms with Crippen molar-refractivity contribution in [2.45, 2.75) is 369 Å². The van der Waals surface area contributed by atoms with Gasteiger partial charge in [0, 0.05) is 25.7 Å². The van der Waals surface area contributed by atoms with Crippen LogP contribution in [0.15, 0.2) is 24.3 Å². The lowest BCUT2D eigenvalue weighted by molar-refractivity contribution is -0.161. The molecule has 0 heterocycles. The van der Waals surface area contributed by atoms with Gasteiger partial charge in [-0.3, -0.25) is 37.3 Å². The van der Waals surface area contributed by atoms with Crippen LogP contribution in [0, 0.1) is 17.8 Å². The molecular formula is C74H140O17P2. The lowest BCUT2D eigenvalue weighted by Crippen LogP contribution is -2.30. The summed E-state index contributed by atoms with van der Waals surface area (Å²) in [6.07, 6.45) is 52.3. The van der Waals surface area contributed by atoms with Crippen LogP contribution in [0.25, 0.3) is 0 Å². The molecule has 0 fully saturated rings. The number of rotatable bonds is 70. The lowest BCUT2D eigenvalue weighted by atomic mass is 10.00. The van der Waals surface area contributed by atoms with Crippen molar-refractivity contribution in [3.63, 3.8) is 0 Å². The molecule has 0 saturated heterocycles. The molecule has 19 heteroatoms. The summed E-state index contributed by atoms with van der Waals surface area (Å²) < 4.78 is 68.4. The van der Waals surface area contributed by atoms with Crippen molar-refractivity contribution >= 4 is 39.5 Å². The summed E-state index contributed by atoms with van der Waals surface area (Å²) in [5.74, 6) is 0.0781. The Hall–Kier alpha value is -2.46. The third-order valence-electron chi connectivity index (χ3n) is 16.9. The van der Waals surface area contributed by atoms with E-state index < -0.39 is 97.5 Å². The Labute approximate surface area is 567 Å². The average molecular weight is 1360 g/mol. The number of phosphoric acid groups is 2. The summed E-state index contributed by atoms with van der Waals surface area (Å²) in [6, 6.07) is 0. The van der Waals surface area contributed by atoms with Crippen LogP contribution in [0.2, 0.25) is 0 Å². The minimum atomic E-state index is -4.96. The molecule has 0 aromatic heterocycles. The molecule has 0 saturated carbocycles. The molecule has 3 N–H and O–H groups in total. The zero-order valence-corrected chi connectivity index (χ0v) is 62.0. The van der Waals surface area contributed by atoms with Crippen molar-refractivity contribution in [3.05, 3.63) is 24.3 Å². The molecular weight excluding hydrogens is 1220 g/mol. The maximum Gasteiger partial charge on any atom is 0.472 e. The molecule has 0 aliphatic rings. The highest BCUT2D eigenvalue weighted by Gasteiger charge is 2.30. The summed E-state index contributed by atoms with van der Waals surface area (Å²) in [6.45, 7) is 11.7. The summed E-state index contributed by atoms with van der Waals surface area (Å²) in [5, 5.41) is 10.6. The maximum absolute atomic E-state index is 13.0. The lowest BCUT2D eigenvalue weighted by Gasteiger charge is -2.21. The number of allylic oxidation sites excluding steroid dienone is 4. The quantitative estimate of drug-likeness (QED) is 0.0169. The first-order valence-corrected chi connectivity index (χ1v) is 40.7. The number of carbonyl (C=O) groups excluding carboxylic acids is 4. The molecule has 0 rings (SSSR count). The highest BCUT2D eigenvalue weighted by Crippen LogP contribution is 2.45. The van der Waals surface area contributed by atoms with Crippen LogP contribution in [0.5, 0.6) is 0 Å². The Balaban J connectivity index is 5.26. The van der Waals surface area contributed by atoms with Crippen LogP contribution < -0.4 is 0 Å². The van der Waals surface area contributed by atoms with Crippen LogP contribution in [0.4, 0.5) is 0 Å². The van der Waals surface area contributed by atoms with E-state index in [9.17, 15) is 43.2 Å². The molecule has 0 bridgehead atoms. The van der Waals surface area contributed by atoms with Gasteiger partial charge in [-0.15, -0.1) is 0 Å². The fourth-order valence-electron chi connectivity index (χ4n) is 10.7. The SMILES string of the molecule is CCCCCC/C=C\C=C/CCCCCCCC(=O)O[C@H](COC(=O)CCCCCCCCCC(C)C)COP(=O)(O)OCC(O)COP(=O)(O)OC[C@@H](COC(=O)CCCCCCCCC(C)CC)OC(=O)CCCCCCCCCCCCCCCCCC(C)C. The molecule has 6 atom stereocenters. The fraction of sp³-hybridized carbons (Fsp3) is 0.892. The molecule has 4 unspecified atom stereocenters. The van der Waals surface area contributed by atoms with Crippen molar-refractivity contribution in [2.75, 3.05) is 39.6 Å². The minimum absolute atomic E-state index is 0.0838. The largest absolute Gasteiger partial charge is 0.472 e. The van der Waals surface area contributed by atoms with Gasteiger partial charge in [-0.1, -0.05) is 297 Å². The van der Waals surface area contributed by atoms with Gasteiger partial charge >= 0.3 is 39.5 Å². The predicted octanol–water partition coefficient (Wildman–Crippen LogP) is 21.0. The van der Waals surface area contributed by atoms with Gasteiger partial charge in [0.05, 0.1) is 26.4 Å². The van der Waals surface area contributed by atoms with Crippen molar-refractivity contribution in [1.29, 1.82) is 0 Å². The number of aliphatic hydroxyl groups excluding tert-OH is 1. The molecule has 0 aliphatic carbocycles. The highest BCUT2D eigenvalue weighted by atomic mass is 31.2. The number of hydrogen-bond donors (Lipinski definition) is 3. The second kappa shape index (κ2) is 64.2. The van der Waals surface area contributed by atoms with Gasteiger partial charge in [-0.25, -0.2) is 9.13 Å². The Morgan fingerprint density at radius 3 is 0.957 bits per heavy atom. The van der Waals surface area contributed by atoms with Crippen molar-refractivity contribution in [2.24, 2.45) is 17.8 Å². The molecule has 93 heavy (non-hydrogen) atoms. The molecule has 17 nitrogen and oxygen atoms in total. The predicted molar refractivity (Wildman–Crippen MR) is 377 cm³/mol. The van der Waals surface area contributed by atoms with Gasteiger partial charge in [0.1, 0.15) is 19.3 Å². The second-order valence-electron chi connectivity index (χ2n) is 27.2. The number of esters is 4. The molecule has 0 amide bonds. The monoisotopic (exact) mass is 1360 g/mol. The Morgan fingerprint density at radius 2 is 0.634 bits per heavy atom. The van der Waals surface area contributed by atoms with Crippen LogP contribution in [-0.4, -0.2) is 96.7 Å². The smallest absolute Gasteiger partial charge is 0.462 e. The number of ether oxygens (including phenoxy) is 4. The van der Waals surface area contributed by atoms with Crippen LogP contribution in [-0.2, 0) is 65.4 Å². The molecule has 0 spiro atoms.